The van der Waals surface area contributed by atoms with Gasteiger partial charge in [0.15, 0.2) is 0 Å². The summed E-state index contributed by atoms with van der Waals surface area (Å²) >= 11 is 1.98. The number of rotatable bonds is 6. The van der Waals surface area contributed by atoms with Crippen molar-refractivity contribution in [3.8, 4) is 0 Å². The predicted molar refractivity (Wildman–Crippen MR) is 77.8 cm³/mol. The number of nitrogens with one attached hydrogen (secondary N) is 1. The lowest BCUT2D eigenvalue weighted by atomic mass is 9.88. The summed E-state index contributed by atoms with van der Waals surface area (Å²) in [7, 11) is 0. The van der Waals surface area contributed by atoms with Gasteiger partial charge in [-0.3, -0.25) is 4.79 Å². The molecule has 1 fully saturated rings. The molecule has 0 aromatic carbocycles. The standard InChI is InChI=1S/C14H27NO2S/c1-4-11(2)14(3,17)10-15-13(16)9-12-5-7-18-8-6-12/h11-12,17H,4-10H2,1-3H3,(H,15,16). The minimum atomic E-state index is -0.799. The van der Waals surface area contributed by atoms with Crippen molar-refractivity contribution in [2.24, 2.45) is 11.8 Å². The molecular formula is C14H27NO2S. The fraction of sp³-hybridized carbons (Fsp3) is 0.929. The zero-order valence-corrected chi connectivity index (χ0v) is 12.7. The Morgan fingerprint density at radius 3 is 2.67 bits per heavy atom. The Bertz CT molecular complexity index is 263. The molecule has 18 heavy (non-hydrogen) atoms. The van der Waals surface area contributed by atoms with Crippen molar-refractivity contribution in [3.63, 3.8) is 0 Å². The number of hydrogen-bond acceptors (Lipinski definition) is 3. The highest BCUT2D eigenvalue weighted by atomic mass is 32.2. The SMILES string of the molecule is CCC(C)C(C)(O)CNC(=O)CC1CCSCC1. The monoisotopic (exact) mass is 273 g/mol. The fourth-order valence-electron chi connectivity index (χ4n) is 2.18. The molecule has 2 unspecified atom stereocenters. The first-order chi connectivity index (χ1) is 8.45. The molecule has 2 N–H and O–H groups in total. The van der Waals surface area contributed by atoms with Gasteiger partial charge >= 0.3 is 0 Å². The lowest BCUT2D eigenvalue weighted by Crippen LogP contribution is -2.45. The molecule has 3 nitrogen and oxygen atoms in total. The van der Waals surface area contributed by atoms with Gasteiger partial charge in [0.25, 0.3) is 0 Å². The molecule has 0 aromatic rings. The van der Waals surface area contributed by atoms with Gasteiger partial charge in [-0.1, -0.05) is 20.3 Å². The van der Waals surface area contributed by atoms with E-state index in [1.54, 1.807) is 6.92 Å². The van der Waals surface area contributed by atoms with Gasteiger partial charge < -0.3 is 10.4 Å². The van der Waals surface area contributed by atoms with Crippen LogP contribution in [-0.4, -0.2) is 34.7 Å². The van der Waals surface area contributed by atoms with E-state index < -0.39 is 5.60 Å². The third kappa shape index (κ3) is 5.19. The van der Waals surface area contributed by atoms with E-state index >= 15 is 0 Å². The van der Waals surface area contributed by atoms with Crippen molar-refractivity contribution in [1.29, 1.82) is 0 Å². The lowest BCUT2D eigenvalue weighted by Gasteiger charge is -2.30. The van der Waals surface area contributed by atoms with Crippen LogP contribution in [0.2, 0.25) is 0 Å². The predicted octanol–water partition coefficient (Wildman–Crippen LogP) is 2.43. The Hall–Kier alpha value is -0.220. The summed E-state index contributed by atoms with van der Waals surface area (Å²) in [6.45, 7) is 6.24. The van der Waals surface area contributed by atoms with Crippen LogP contribution in [0.5, 0.6) is 0 Å². The largest absolute Gasteiger partial charge is 0.388 e. The van der Waals surface area contributed by atoms with E-state index in [1.165, 1.54) is 11.5 Å². The van der Waals surface area contributed by atoms with Crippen LogP contribution < -0.4 is 5.32 Å². The smallest absolute Gasteiger partial charge is 0.220 e. The van der Waals surface area contributed by atoms with E-state index in [0.717, 1.165) is 19.3 Å². The van der Waals surface area contributed by atoms with Gasteiger partial charge in [-0.25, -0.2) is 0 Å². The molecule has 106 valence electrons. The van der Waals surface area contributed by atoms with E-state index in [2.05, 4.69) is 12.2 Å². The van der Waals surface area contributed by atoms with Crippen LogP contribution >= 0.6 is 11.8 Å². The molecule has 0 aromatic heterocycles. The van der Waals surface area contributed by atoms with Gasteiger partial charge in [-0.05, 0) is 43.1 Å². The molecular weight excluding hydrogens is 246 g/mol. The van der Waals surface area contributed by atoms with Crippen LogP contribution in [-0.2, 0) is 4.79 Å². The quantitative estimate of drug-likeness (QED) is 0.781. The second-order valence-electron chi connectivity index (χ2n) is 5.70. The molecule has 1 heterocycles. The highest BCUT2D eigenvalue weighted by molar-refractivity contribution is 7.99. The number of aliphatic hydroxyl groups is 1. The Morgan fingerprint density at radius 1 is 1.50 bits per heavy atom. The lowest BCUT2D eigenvalue weighted by molar-refractivity contribution is -0.123. The van der Waals surface area contributed by atoms with Gasteiger partial charge in [0.1, 0.15) is 0 Å². The fourth-order valence-corrected chi connectivity index (χ4v) is 3.38. The molecule has 0 radical (unpaired) electrons. The van der Waals surface area contributed by atoms with Crippen LogP contribution in [0.1, 0.15) is 46.5 Å². The number of carbonyl (C=O) groups excluding carboxylic acids is 1. The van der Waals surface area contributed by atoms with Crippen LogP contribution in [0, 0.1) is 11.8 Å². The van der Waals surface area contributed by atoms with E-state index in [0.29, 0.717) is 18.9 Å². The molecule has 0 bridgehead atoms. The molecule has 1 saturated heterocycles. The van der Waals surface area contributed by atoms with Crippen LogP contribution in [0.4, 0.5) is 0 Å². The van der Waals surface area contributed by atoms with Crippen LogP contribution in [0.25, 0.3) is 0 Å². The van der Waals surface area contributed by atoms with Gasteiger partial charge in [-0.15, -0.1) is 0 Å². The average Bonchev–Trinajstić information content (AvgIpc) is 2.36. The van der Waals surface area contributed by atoms with Crippen LogP contribution in [0.15, 0.2) is 0 Å². The topological polar surface area (TPSA) is 49.3 Å². The summed E-state index contributed by atoms with van der Waals surface area (Å²) in [5.74, 6) is 3.20. The normalized spacial score (nSPS) is 22.2. The average molecular weight is 273 g/mol. The van der Waals surface area contributed by atoms with Crippen molar-refractivity contribution in [1.82, 2.24) is 5.32 Å². The first-order valence-corrected chi connectivity index (χ1v) is 8.18. The number of thioether (sulfide) groups is 1. The maximum Gasteiger partial charge on any atom is 0.220 e. The summed E-state index contributed by atoms with van der Waals surface area (Å²) in [4.78, 5) is 11.8. The summed E-state index contributed by atoms with van der Waals surface area (Å²) in [6, 6.07) is 0. The van der Waals surface area contributed by atoms with Crippen molar-refractivity contribution >= 4 is 17.7 Å². The summed E-state index contributed by atoms with van der Waals surface area (Å²) in [5.41, 5.74) is -0.799. The van der Waals surface area contributed by atoms with E-state index in [9.17, 15) is 9.90 Å². The molecule has 1 amide bonds. The second kappa shape index (κ2) is 7.39. The molecule has 0 saturated carbocycles. The van der Waals surface area contributed by atoms with Crippen molar-refractivity contribution < 1.29 is 9.90 Å². The minimum absolute atomic E-state index is 0.0930. The molecule has 0 aliphatic carbocycles. The van der Waals surface area contributed by atoms with Gasteiger partial charge in [0, 0.05) is 13.0 Å². The Kier molecular flexibility index (Phi) is 6.50. The highest BCUT2D eigenvalue weighted by Gasteiger charge is 2.27. The number of amides is 1. The Balaban J connectivity index is 2.27. The Morgan fingerprint density at radius 2 is 2.11 bits per heavy atom. The van der Waals surface area contributed by atoms with Gasteiger partial charge in [-0.2, -0.15) is 11.8 Å². The van der Waals surface area contributed by atoms with Crippen molar-refractivity contribution in [2.45, 2.75) is 52.1 Å². The molecule has 1 aliphatic heterocycles. The van der Waals surface area contributed by atoms with E-state index in [4.69, 9.17) is 0 Å². The maximum atomic E-state index is 11.8. The third-order valence-electron chi connectivity index (χ3n) is 4.13. The molecule has 2 atom stereocenters. The van der Waals surface area contributed by atoms with E-state index in [1.807, 2.05) is 18.7 Å². The minimum Gasteiger partial charge on any atom is -0.388 e. The zero-order chi connectivity index (χ0) is 13.6. The first kappa shape index (κ1) is 15.8. The van der Waals surface area contributed by atoms with Crippen LogP contribution in [0.3, 0.4) is 0 Å². The van der Waals surface area contributed by atoms with Gasteiger partial charge in [0.2, 0.25) is 5.91 Å². The molecule has 1 rings (SSSR count). The summed E-state index contributed by atoms with van der Waals surface area (Å²) in [6.07, 6.45) is 3.85. The third-order valence-corrected chi connectivity index (χ3v) is 5.18. The van der Waals surface area contributed by atoms with Crippen molar-refractivity contribution in [2.75, 3.05) is 18.1 Å². The summed E-state index contributed by atoms with van der Waals surface area (Å²) < 4.78 is 0. The summed E-state index contributed by atoms with van der Waals surface area (Å²) in [5, 5.41) is 13.1. The molecule has 1 aliphatic rings. The molecule has 0 spiro atoms. The number of hydrogen-bond donors (Lipinski definition) is 2. The second-order valence-corrected chi connectivity index (χ2v) is 6.93. The molecule has 4 heteroatoms. The van der Waals surface area contributed by atoms with Crippen molar-refractivity contribution in [3.05, 3.63) is 0 Å². The maximum absolute atomic E-state index is 11.8. The Labute approximate surface area is 115 Å². The van der Waals surface area contributed by atoms with E-state index in [-0.39, 0.29) is 11.8 Å². The highest BCUT2D eigenvalue weighted by Crippen LogP contribution is 2.25. The first-order valence-electron chi connectivity index (χ1n) is 7.02. The zero-order valence-electron chi connectivity index (χ0n) is 11.9. The number of carbonyl (C=O) groups is 1. The van der Waals surface area contributed by atoms with Gasteiger partial charge in [0.05, 0.1) is 5.60 Å².